The first kappa shape index (κ1) is 13.3. The lowest BCUT2D eigenvalue weighted by Crippen LogP contribution is -2.42. The van der Waals surface area contributed by atoms with Gasteiger partial charge in [-0.05, 0) is 42.5 Å². The Bertz CT molecular complexity index is 573. The Labute approximate surface area is 120 Å². The fraction of sp³-hybridized carbons (Fsp3) is 0.333. The van der Waals surface area contributed by atoms with Gasteiger partial charge in [0.1, 0.15) is 0 Å². The lowest BCUT2D eigenvalue weighted by atomic mass is 9.96. The molecule has 0 saturated carbocycles. The molecule has 0 saturated heterocycles. The zero-order valence-corrected chi connectivity index (χ0v) is 12.1. The topological polar surface area (TPSA) is 32.3 Å². The smallest absolute Gasteiger partial charge is 0.0593 e. The van der Waals surface area contributed by atoms with Crippen molar-refractivity contribution in [1.82, 2.24) is 5.32 Å². The molecule has 0 heterocycles. The van der Waals surface area contributed by atoms with E-state index in [0.29, 0.717) is 0 Å². The number of hydrogen-bond acceptors (Lipinski definition) is 2. The molecule has 104 valence electrons. The summed E-state index contributed by atoms with van der Waals surface area (Å²) >= 11 is 0. The fourth-order valence-electron chi connectivity index (χ4n) is 3.05. The molecule has 2 aromatic carbocycles. The van der Waals surface area contributed by atoms with E-state index >= 15 is 0 Å². The Morgan fingerprint density at radius 3 is 1.95 bits per heavy atom. The Hall–Kier alpha value is -1.64. The third-order valence-corrected chi connectivity index (χ3v) is 4.11. The van der Waals surface area contributed by atoms with Gasteiger partial charge >= 0.3 is 0 Å². The monoisotopic (exact) mass is 267 g/mol. The van der Waals surface area contributed by atoms with Gasteiger partial charge in [-0.15, -0.1) is 0 Å². The standard InChI is InChI=1S/C18H21NO/c1-18(2,11-12-20)19-17-15-9-5-3-7-13(15)14-8-4-6-10-16(14)17/h3-10,17,19-20H,11-12H2,1-2H3. The molecule has 0 atom stereocenters. The van der Waals surface area contributed by atoms with Gasteiger partial charge in [0.15, 0.2) is 0 Å². The molecule has 0 aliphatic heterocycles. The summed E-state index contributed by atoms with van der Waals surface area (Å²) in [5.74, 6) is 0. The summed E-state index contributed by atoms with van der Waals surface area (Å²) in [6.45, 7) is 4.50. The molecule has 0 bridgehead atoms. The van der Waals surface area contributed by atoms with Crippen molar-refractivity contribution in [2.24, 2.45) is 0 Å². The normalized spacial score (nSPS) is 14.2. The number of aliphatic hydroxyl groups is 1. The van der Waals surface area contributed by atoms with Crippen LogP contribution in [0.25, 0.3) is 11.1 Å². The predicted octanol–water partition coefficient (Wildman–Crippen LogP) is 3.51. The van der Waals surface area contributed by atoms with Crippen molar-refractivity contribution in [2.45, 2.75) is 31.8 Å². The average molecular weight is 267 g/mol. The van der Waals surface area contributed by atoms with Crippen LogP contribution in [0.2, 0.25) is 0 Å². The molecule has 2 N–H and O–H groups in total. The lowest BCUT2D eigenvalue weighted by molar-refractivity contribution is 0.224. The van der Waals surface area contributed by atoms with Crippen molar-refractivity contribution in [2.75, 3.05) is 6.61 Å². The van der Waals surface area contributed by atoms with Crippen molar-refractivity contribution >= 4 is 0 Å². The molecular formula is C18H21NO. The second-order valence-electron chi connectivity index (χ2n) is 6.11. The minimum Gasteiger partial charge on any atom is -0.396 e. The maximum absolute atomic E-state index is 9.23. The largest absolute Gasteiger partial charge is 0.396 e. The minimum absolute atomic E-state index is 0.0933. The number of rotatable bonds is 4. The van der Waals surface area contributed by atoms with Crippen LogP contribution in [0.1, 0.15) is 37.4 Å². The molecule has 0 amide bonds. The van der Waals surface area contributed by atoms with Crippen molar-refractivity contribution in [3.63, 3.8) is 0 Å². The maximum Gasteiger partial charge on any atom is 0.0593 e. The number of fused-ring (bicyclic) bond motifs is 3. The molecule has 0 spiro atoms. The van der Waals surface area contributed by atoms with Crippen molar-refractivity contribution in [1.29, 1.82) is 0 Å². The lowest BCUT2D eigenvalue weighted by Gasteiger charge is -2.30. The maximum atomic E-state index is 9.23. The molecule has 2 heteroatoms. The Morgan fingerprint density at radius 2 is 1.45 bits per heavy atom. The van der Waals surface area contributed by atoms with Crippen LogP contribution in [-0.4, -0.2) is 17.3 Å². The Balaban J connectivity index is 2.03. The fourth-order valence-corrected chi connectivity index (χ4v) is 3.05. The number of nitrogens with one attached hydrogen (secondary N) is 1. The Kier molecular flexibility index (Phi) is 3.36. The van der Waals surface area contributed by atoms with Crippen molar-refractivity contribution < 1.29 is 5.11 Å². The summed E-state index contributed by atoms with van der Waals surface area (Å²) < 4.78 is 0. The van der Waals surface area contributed by atoms with E-state index in [1.807, 2.05) is 0 Å². The van der Waals surface area contributed by atoms with E-state index in [2.05, 4.69) is 67.7 Å². The first-order chi connectivity index (χ1) is 9.62. The predicted molar refractivity (Wildman–Crippen MR) is 82.6 cm³/mol. The van der Waals surface area contributed by atoms with E-state index in [9.17, 15) is 5.11 Å². The summed E-state index contributed by atoms with van der Waals surface area (Å²) in [5.41, 5.74) is 5.21. The summed E-state index contributed by atoms with van der Waals surface area (Å²) in [6, 6.07) is 17.4. The van der Waals surface area contributed by atoms with Gasteiger partial charge in [-0.1, -0.05) is 48.5 Å². The van der Waals surface area contributed by atoms with E-state index in [4.69, 9.17) is 0 Å². The van der Waals surface area contributed by atoms with Gasteiger partial charge in [0.25, 0.3) is 0 Å². The van der Waals surface area contributed by atoms with Crippen LogP contribution in [0, 0.1) is 0 Å². The van der Waals surface area contributed by atoms with Crippen LogP contribution in [0.15, 0.2) is 48.5 Å². The third-order valence-electron chi connectivity index (χ3n) is 4.11. The van der Waals surface area contributed by atoms with Gasteiger partial charge in [0.2, 0.25) is 0 Å². The Morgan fingerprint density at radius 1 is 0.950 bits per heavy atom. The van der Waals surface area contributed by atoms with Crippen LogP contribution in [0.4, 0.5) is 0 Å². The first-order valence-electron chi connectivity index (χ1n) is 7.19. The molecule has 1 aliphatic rings. The molecule has 20 heavy (non-hydrogen) atoms. The molecule has 2 aromatic rings. The van der Waals surface area contributed by atoms with Crippen LogP contribution < -0.4 is 5.32 Å². The van der Waals surface area contributed by atoms with E-state index in [-0.39, 0.29) is 18.2 Å². The first-order valence-corrected chi connectivity index (χ1v) is 7.19. The highest BCUT2D eigenvalue weighted by atomic mass is 16.3. The molecule has 0 fully saturated rings. The third kappa shape index (κ3) is 2.26. The molecular weight excluding hydrogens is 246 g/mol. The van der Waals surface area contributed by atoms with E-state index in [1.165, 1.54) is 22.3 Å². The highest BCUT2D eigenvalue weighted by Gasteiger charge is 2.31. The van der Waals surface area contributed by atoms with Crippen LogP contribution in [-0.2, 0) is 0 Å². The second-order valence-corrected chi connectivity index (χ2v) is 6.11. The number of aliphatic hydroxyl groups excluding tert-OH is 1. The summed E-state index contributed by atoms with van der Waals surface area (Å²) in [7, 11) is 0. The highest BCUT2D eigenvalue weighted by Crippen LogP contribution is 2.43. The van der Waals surface area contributed by atoms with Gasteiger partial charge < -0.3 is 10.4 Å². The molecule has 0 aromatic heterocycles. The quantitative estimate of drug-likeness (QED) is 0.888. The van der Waals surface area contributed by atoms with E-state index in [0.717, 1.165) is 6.42 Å². The SMILES string of the molecule is CC(C)(CCO)NC1c2ccccc2-c2ccccc21. The summed E-state index contributed by atoms with van der Waals surface area (Å²) in [4.78, 5) is 0. The number of hydrogen-bond donors (Lipinski definition) is 2. The molecule has 1 aliphatic carbocycles. The minimum atomic E-state index is -0.0933. The molecule has 0 radical (unpaired) electrons. The average Bonchev–Trinajstić information content (AvgIpc) is 2.74. The van der Waals surface area contributed by atoms with Gasteiger partial charge in [-0.2, -0.15) is 0 Å². The molecule has 0 unspecified atom stereocenters. The van der Waals surface area contributed by atoms with Crippen LogP contribution >= 0.6 is 0 Å². The van der Waals surface area contributed by atoms with Crippen LogP contribution in [0.3, 0.4) is 0 Å². The zero-order chi connectivity index (χ0) is 14.2. The van der Waals surface area contributed by atoms with Gasteiger partial charge in [0, 0.05) is 12.1 Å². The second kappa shape index (κ2) is 5.04. The van der Waals surface area contributed by atoms with Gasteiger partial charge in [0.05, 0.1) is 6.04 Å². The number of benzene rings is 2. The van der Waals surface area contributed by atoms with Gasteiger partial charge in [-0.3, -0.25) is 0 Å². The van der Waals surface area contributed by atoms with Gasteiger partial charge in [-0.25, -0.2) is 0 Å². The highest BCUT2D eigenvalue weighted by molar-refractivity contribution is 5.78. The summed E-state index contributed by atoms with van der Waals surface area (Å²) in [5, 5.41) is 12.9. The molecule has 2 nitrogen and oxygen atoms in total. The van der Waals surface area contributed by atoms with E-state index in [1.54, 1.807) is 0 Å². The van der Waals surface area contributed by atoms with E-state index < -0.39 is 0 Å². The van der Waals surface area contributed by atoms with Crippen molar-refractivity contribution in [3.05, 3.63) is 59.7 Å². The zero-order valence-electron chi connectivity index (χ0n) is 12.1. The molecule has 3 rings (SSSR count). The van der Waals surface area contributed by atoms with Crippen molar-refractivity contribution in [3.8, 4) is 11.1 Å². The van der Waals surface area contributed by atoms with Crippen LogP contribution in [0.5, 0.6) is 0 Å². The summed E-state index contributed by atoms with van der Waals surface area (Å²) in [6.07, 6.45) is 0.744.